The van der Waals surface area contributed by atoms with Gasteiger partial charge in [-0.1, -0.05) is 12.1 Å². The van der Waals surface area contributed by atoms with Crippen molar-refractivity contribution in [2.24, 2.45) is 5.92 Å². The van der Waals surface area contributed by atoms with E-state index < -0.39 is 0 Å². The second kappa shape index (κ2) is 9.51. The summed E-state index contributed by atoms with van der Waals surface area (Å²) >= 11 is 0. The Balaban J connectivity index is 1.76. The smallest absolute Gasteiger partial charge is 0.261 e. The van der Waals surface area contributed by atoms with Gasteiger partial charge in [0.2, 0.25) is 0 Å². The molecule has 0 radical (unpaired) electrons. The van der Waals surface area contributed by atoms with Crippen molar-refractivity contribution in [2.45, 2.75) is 52.8 Å². The lowest BCUT2D eigenvalue weighted by atomic mass is 9.96. The number of hydrogen-bond donors (Lipinski definition) is 0. The van der Waals surface area contributed by atoms with E-state index in [1.165, 1.54) is 12.1 Å². The molecule has 2 aromatic carbocycles. The molecule has 32 heavy (non-hydrogen) atoms. The summed E-state index contributed by atoms with van der Waals surface area (Å²) in [5.74, 6) is 0.807. The minimum Gasteiger partial charge on any atom is -0.377 e. The first-order valence-electron chi connectivity index (χ1n) is 11.4. The molecule has 3 aromatic rings. The highest BCUT2D eigenvalue weighted by molar-refractivity contribution is 5.84. The Morgan fingerprint density at radius 2 is 2.03 bits per heavy atom. The molecule has 4 rings (SSSR count). The Kier molecular flexibility index (Phi) is 6.72. The van der Waals surface area contributed by atoms with E-state index in [9.17, 15) is 9.18 Å². The van der Waals surface area contributed by atoms with Crippen LogP contribution in [0.15, 0.2) is 41.2 Å². The predicted molar refractivity (Wildman–Crippen MR) is 126 cm³/mol. The lowest BCUT2D eigenvalue weighted by Crippen LogP contribution is -2.42. The summed E-state index contributed by atoms with van der Waals surface area (Å²) in [5.41, 5.74) is 3.27. The molecule has 6 heteroatoms. The second-order valence-corrected chi connectivity index (χ2v) is 9.16. The van der Waals surface area contributed by atoms with E-state index >= 15 is 0 Å². The number of ether oxygens (including phenoxy) is 1. The third-order valence-corrected chi connectivity index (χ3v) is 6.53. The number of aryl methyl sites for hydroxylation is 1. The Hall–Kier alpha value is -2.57. The summed E-state index contributed by atoms with van der Waals surface area (Å²) in [7, 11) is 1.63. The quantitative estimate of drug-likeness (QED) is 0.557. The van der Waals surface area contributed by atoms with Gasteiger partial charge in [-0.05, 0) is 87.0 Å². The largest absolute Gasteiger partial charge is 0.377 e. The van der Waals surface area contributed by atoms with Crippen molar-refractivity contribution in [1.29, 1.82) is 0 Å². The van der Waals surface area contributed by atoms with Gasteiger partial charge in [0.1, 0.15) is 18.2 Å². The first-order chi connectivity index (χ1) is 15.4. The average Bonchev–Trinajstić information content (AvgIpc) is 2.77. The number of fused-ring (bicyclic) bond motifs is 1. The lowest BCUT2D eigenvalue weighted by molar-refractivity contribution is 0.125. The van der Waals surface area contributed by atoms with Gasteiger partial charge < -0.3 is 9.64 Å². The summed E-state index contributed by atoms with van der Waals surface area (Å²) in [5, 5.41) is 0.586. The molecule has 1 unspecified atom stereocenters. The molecule has 1 atom stereocenters. The predicted octanol–water partition coefficient (Wildman–Crippen LogP) is 4.78. The van der Waals surface area contributed by atoms with Crippen molar-refractivity contribution in [3.63, 3.8) is 0 Å². The summed E-state index contributed by atoms with van der Waals surface area (Å²) in [4.78, 5) is 20.9. The maximum atomic E-state index is 13.6. The van der Waals surface area contributed by atoms with Crippen LogP contribution in [-0.2, 0) is 17.9 Å². The second-order valence-electron chi connectivity index (χ2n) is 9.16. The van der Waals surface area contributed by atoms with Crippen LogP contribution in [-0.4, -0.2) is 40.7 Å². The Labute approximate surface area is 188 Å². The number of hydrogen-bond acceptors (Lipinski definition) is 4. The molecule has 0 spiro atoms. The molecule has 5 nitrogen and oxygen atoms in total. The first kappa shape index (κ1) is 22.6. The van der Waals surface area contributed by atoms with Crippen LogP contribution in [0.25, 0.3) is 22.0 Å². The van der Waals surface area contributed by atoms with E-state index in [0.717, 1.165) is 42.6 Å². The number of aromatic nitrogens is 2. The average molecular weight is 438 g/mol. The van der Waals surface area contributed by atoms with Crippen molar-refractivity contribution in [2.75, 3.05) is 20.2 Å². The van der Waals surface area contributed by atoms with Crippen LogP contribution in [0.1, 0.15) is 38.1 Å². The summed E-state index contributed by atoms with van der Waals surface area (Å²) in [6, 6.07) is 10.9. The molecule has 0 bridgehead atoms. The molecule has 2 heterocycles. The van der Waals surface area contributed by atoms with Crippen molar-refractivity contribution >= 4 is 10.9 Å². The van der Waals surface area contributed by atoms with E-state index in [0.29, 0.717) is 41.8 Å². The third-order valence-electron chi connectivity index (χ3n) is 6.53. The van der Waals surface area contributed by atoms with Crippen LogP contribution in [0, 0.1) is 18.7 Å². The van der Waals surface area contributed by atoms with Crippen LogP contribution in [0.4, 0.5) is 4.39 Å². The maximum Gasteiger partial charge on any atom is 0.261 e. The Morgan fingerprint density at radius 3 is 2.75 bits per heavy atom. The van der Waals surface area contributed by atoms with Crippen LogP contribution in [0.2, 0.25) is 0 Å². The molecule has 0 saturated carbocycles. The van der Waals surface area contributed by atoms with Gasteiger partial charge in [0, 0.05) is 26.2 Å². The molecular weight excluding hydrogens is 405 g/mol. The van der Waals surface area contributed by atoms with E-state index in [-0.39, 0.29) is 11.4 Å². The van der Waals surface area contributed by atoms with Crippen LogP contribution in [0.3, 0.4) is 0 Å². The summed E-state index contributed by atoms with van der Waals surface area (Å²) in [6.07, 6.45) is 2.25. The SMILES string of the molecule is COCc1nc2ccc(-c3ccc(F)cc3C)cc2c(=O)n1CC1CCCN(C(C)C)C1. The zero-order valence-electron chi connectivity index (χ0n) is 19.4. The molecule has 1 fully saturated rings. The number of likely N-dealkylation sites (tertiary alicyclic amines) is 1. The summed E-state index contributed by atoms with van der Waals surface area (Å²) in [6.45, 7) is 9.37. The van der Waals surface area contributed by atoms with Crippen molar-refractivity contribution in [3.05, 3.63) is 64.0 Å². The standard InChI is InChI=1S/C26H32FN3O2/c1-17(2)29-11-5-6-19(14-29)15-30-25(16-32-4)28-24-10-7-20(13-23(24)26(30)31)22-9-8-21(27)12-18(22)3/h7-10,12-13,17,19H,5-6,11,14-16H2,1-4H3. The Morgan fingerprint density at radius 1 is 1.22 bits per heavy atom. The van der Waals surface area contributed by atoms with Gasteiger partial charge in [-0.2, -0.15) is 0 Å². The molecule has 1 aliphatic heterocycles. The Bertz CT molecular complexity index is 1170. The lowest BCUT2D eigenvalue weighted by Gasteiger charge is -2.35. The highest BCUT2D eigenvalue weighted by Crippen LogP contribution is 2.27. The van der Waals surface area contributed by atoms with E-state index in [4.69, 9.17) is 9.72 Å². The van der Waals surface area contributed by atoms with Gasteiger partial charge in [-0.25, -0.2) is 9.37 Å². The molecule has 1 aromatic heterocycles. The van der Waals surface area contributed by atoms with E-state index in [1.807, 2.05) is 29.7 Å². The van der Waals surface area contributed by atoms with Crippen molar-refractivity contribution < 1.29 is 9.13 Å². The number of halogens is 1. The molecule has 170 valence electrons. The number of piperidine rings is 1. The van der Waals surface area contributed by atoms with Gasteiger partial charge in [0.25, 0.3) is 5.56 Å². The number of methoxy groups -OCH3 is 1. The molecule has 1 saturated heterocycles. The number of nitrogens with zero attached hydrogens (tertiary/aromatic N) is 3. The van der Waals surface area contributed by atoms with Gasteiger partial charge in [-0.15, -0.1) is 0 Å². The molecule has 0 aliphatic carbocycles. The fourth-order valence-electron chi connectivity index (χ4n) is 4.79. The molecule has 0 amide bonds. The highest BCUT2D eigenvalue weighted by atomic mass is 19.1. The van der Waals surface area contributed by atoms with Gasteiger partial charge in [-0.3, -0.25) is 9.36 Å². The normalized spacial score (nSPS) is 17.4. The zero-order chi connectivity index (χ0) is 22.8. The fourth-order valence-corrected chi connectivity index (χ4v) is 4.79. The van der Waals surface area contributed by atoms with E-state index in [2.05, 4.69) is 18.7 Å². The number of rotatable bonds is 6. The zero-order valence-corrected chi connectivity index (χ0v) is 19.4. The van der Waals surface area contributed by atoms with Crippen molar-refractivity contribution in [1.82, 2.24) is 14.5 Å². The minimum atomic E-state index is -0.261. The highest BCUT2D eigenvalue weighted by Gasteiger charge is 2.24. The third kappa shape index (κ3) is 4.62. The molecular formula is C26H32FN3O2. The molecule has 0 N–H and O–H groups in total. The fraction of sp³-hybridized carbons (Fsp3) is 0.462. The van der Waals surface area contributed by atoms with Gasteiger partial charge in [0.05, 0.1) is 10.9 Å². The topological polar surface area (TPSA) is 47.4 Å². The first-order valence-corrected chi connectivity index (χ1v) is 11.4. The monoisotopic (exact) mass is 437 g/mol. The summed E-state index contributed by atoms with van der Waals surface area (Å²) < 4.78 is 20.8. The molecule has 1 aliphatic rings. The number of benzene rings is 2. The van der Waals surface area contributed by atoms with Gasteiger partial charge >= 0.3 is 0 Å². The van der Waals surface area contributed by atoms with Crippen LogP contribution >= 0.6 is 0 Å². The van der Waals surface area contributed by atoms with Crippen molar-refractivity contribution in [3.8, 4) is 11.1 Å². The van der Waals surface area contributed by atoms with Crippen LogP contribution in [0.5, 0.6) is 0 Å². The van der Waals surface area contributed by atoms with Gasteiger partial charge in [0.15, 0.2) is 0 Å². The van der Waals surface area contributed by atoms with E-state index in [1.54, 1.807) is 13.2 Å². The minimum absolute atomic E-state index is 0.0367. The van der Waals surface area contributed by atoms with Crippen LogP contribution < -0.4 is 5.56 Å². The maximum absolute atomic E-state index is 13.6.